The molecule has 3 aromatic heterocycles. The van der Waals surface area contributed by atoms with E-state index in [0.29, 0.717) is 28.6 Å². The summed E-state index contributed by atoms with van der Waals surface area (Å²) in [6.07, 6.45) is 3.71. The monoisotopic (exact) mass is 437 g/mol. The second-order valence-corrected chi connectivity index (χ2v) is 7.31. The Labute approximate surface area is 182 Å². The summed E-state index contributed by atoms with van der Waals surface area (Å²) in [6, 6.07) is 7.41. The third-order valence-corrected chi connectivity index (χ3v) is 4.36. The van der Waals surface area contributed by atoms with Crippen LogP contribution in [0.25, 0.3) is 17.0 Å². The summed E-state index contributed by atoms with van der Waals surface area (Å²) in [7, 11) is 0. The molecule has 0 saturated carbocycles. The molecule has 0 spiro atoms. The Morgan fingerprint density at radius 3 is 2.66 bits per heavy atom. The molecule has 32 heavy (non-hydrogen) atoms. The molecule has 0 bridgehead atoms. The summed E-state index contributed by atoms with van der Waals surface area (Å²) in [6.45, 7) is 5.21. The molecular weight excluding hydrogens is 417 g/mol. The maximum Gasteiger partial charge on any atom is 0.411 e. The number of imidazole rings is 1. The highest BCUT2D eigenvalue weighted by Crippen LogP contribution is 2.26. The van der Waals surface area contributed by atoms with Crippen LogP contribution in [0.1, 0.15) is 30.2 Å². The van der Waals surface area contributed by atoms with Crippen LogP contribution in [-0.2, 0) is 4.74 Å². The van der Waals surface area contributed by atoms with Gasteiger partial charge in [0, 0.05) is 23.6 Å². The van der Waals surface area contributed by atoms with Gasteiger partial charge in [-0.3, -0.25) is 14.5 Å². The topological polar surface area (TPSA) is 111 Å². The van der Waals surface area contributed by atoms with Crippen molar-refractivity contribution in [1.82, 2.24) is 14.4 Å². The van der Waals surface area contributed by atoms with Crippen LogP contribution in [0.5, 0.6) is 0 Å². The highest BCUT2D eigenvalue weighted by molar-refractivity contribution is 6.02. The minimum Gasteiger partial charge on any atom is -0.456 e. The number of amides is 2. The third kappa shape index (κ3) is 4.59. The quantitative estimate of drug-likeness (QED) is 0.470. The van der Waals surface area contributed by atoms with Crippen molar-refractivity contribution < 1.29 is 23.1 Å². The molecule has 0 aliphatic heterocycles. The zero-order valence-corrected chi connectivity index (χ0v) is 17.5. The van der Waals surface area contributed by atoms with E-state index in [1.165, 1.54) is 24.4 Å². The standard InChI is InChI=1S/C22H20FN5O4/c1-12(2)31-22(30)26-15-9-24-21-27-18(11-28(21)10-15)16-8-14(5-6-17(16)23)25-20(29)19-7-4-13(3)32-19/h4-12H,1-3H3,(H,25,29)(H,26,30). The molecule has 0 atom stereocenters. The largest absolute Gasteiger partial charge is 0.456 e. The molecule has 9 nitrogen and oxygen atoms in total. The van der Waals surface area contributed by atoms with Gasteiger partial charge in [-0.1, -0.05) is 0 Å². The number of aromatic nitrogens is 3. The predicted octanol–water partition coefficient (Wildman–Crippen LogP) is 4.65. The fourth-order valence-corrected chi connectivity index (χ4v) is 2.99. The average Bonchev–Trinajstić information content (AvgIpc) is 3.34. The summed E-state index contributed by atoms with van der Waals surface area (Å²) in [5.41, 5.74) is 1.26. The Morgan fingerprint density at radius 1 is 1.12 bits per heavy atom. The minimum atomic E-state index is -0.609. The maximum absolute atomic E-state index is 14.5. The molecule has 0 unspecified atom stereocenters. The van der Waals surface area contributed by atoms with Crippen molar-refractivity contribution in [3.05, 3.63) is 66.3 Å². The molecule has 4 rings (SSSR count). The van der Waals surface area contributed by atoms with Gasteiger partial charge in [0.2, 0.25) is 5.78 Å². The van der Waals surface area contributed by atoms with E-state index in [9.17, 15) is 14.0 Å². The van der Waals surface area contributed by atoms with Crippen molar-refractivity contribution in [1.29, 1.82) is 0 Å². The first-order valence-electron chi connectivity index (χ1n) is 9.78. The molecule has 0 fully saturated rings. The van der Waals surface area contributed by atoms with Gasteiger partial charge in [0.15, 0.2) is 5.76 Å². The highest BCUT2D eigenvalue weighted by atomic mass is 19.1. The van der Waals surface area contributed by atoms with Crippen LogP contribution in [0.15, 0.2) is 53.3 Å². The SMILES string of the molecule is Cc1ccc(C(=O)Nc2ccc(F)c(-c3cn4cc(NC(=O)OC(C)C)cnc4n3)c2)o1. The van der Waals surface area contributed by atoms with Crippen molar-refractivity contribution in [3.8, 4) is 11.3 Å². The first-order chi connectivity index (χ1) is 15.3. The number of halogens is 1. The number of fused-ring (bicyclic) bond motifs is 1. The number of ether oxygens (including phenoxy) is 1. The van der Waals surface area contributed by atoms with Gasteiger partial charge in [0.05, 0.1) is 23.7 Å². The Morgan fingerprint density at radius 2 is 1.94 bits per heavy atom. The predicted molar refractivity (Wildman–Crippen MR) is 115 cm³/mol. The van der Waals surface area contributed by atoms with E-state index in [1.807, 2.05) is 0 Å². The number of hydrogen-bond donors (Lipinski definition) is 2. The summed E-state index contributed by atoms with van der Waals surface area (Å²) < 4.78 is 26.4. The number of carbonyl (C=O) groups excluding carboxylic acids is 2. The second-order valence-electron chi connectivity index (χ2n) is 7.31. The van der Waals surface area contributed by atoms with Crippen LogP contribution in [0.4, 0.5) is 20.6 Å². The Hall–Kier alpha value is -4.21. The molecule has 164 valence electrons. The van der Waals surface area contributed by atoms with E-state index in [1.54, 1.807) is 49.7 Å². The lowest BCUT2D eigenvalue weighted by Gasteiger charge is -2.09. The maximum atomic E-state index is 14.5. The lowest BCUT2D eigenvalue weighted by molar-refractivity contribution is 0.0995. The Kier molecular flexibility index (Phi) is 5.59. The van der Waals surface area contributed by atoms with Gasteiger partial charge >= 0.3 is 6.09 Å². The van der Waals surface area contributed by atoms with Gasteiger partial charge in [-0.15, -0.1) is 0 Å². The van der Waals surface area contributed by atoms with Crippen LogP contribution in [0.3, 0.4) is 0 Å². The van der Waals surface area contributed by atoms with Gasteiger partial charge in [-0.05, 0) is 51.1 Å². The van der Waals surface area contributed by atoms with Crippen molar-refractivity contribution in [3.63, 3.8) is 0 Å². The van der Waals surface area contributed by atoms with E-state index < -0.39 is 17.8 Å². The van der Waals surface area contributed by atoms with Crippen molar-refractivity contribution in [2.75, 3.05) is 10.6 Å². The molecular formula is C22H20FN5O4. The Bertz CT molecular complexity index is 1310. The lowest BCUT2D eigenvalue weighted by Crippen LogP contribution is -2.18. The van der Waals surface area contributed by atoms with E-state index in [0.717, 1.165) is 0 Å². The molecule has 3 heterocycles. The molecule has 0 aliphatic carbocycles. The van der Waals surface area contributed by atoms with E-state index in [4.69, 9.17) is 9.15 Å². The van der Waals surface area contributed by atoms with Crippen LogP contribution < -0.4 is 10.6 Å². The fourth-order valence-electron chi connectivity index (χ4n) is 2.99. The van der Waals surface area contributed by atoms with Gasteiger partial charge < -0.3 is 14.5 Å². The number of furan rings is 1. The summed E-state index contributed by atoms with van der Waals surface area (Å²) in [5, 5.41) is 5.25. The zero-order valence-electron chi connectivity index (χ0n) is 17.5. The van der Waals surface area contributed by atoms with Gasteiger partial charge in [-0.25, -0.2) is 19.2 Å². The van der Waals surface area contributed by atoms with E-state index in [-0.39, 0.29) is 17.4 Å². The van der Waals surface area contributed by atoms with Crippen LogP contribution in [0, 0.1) is 12.7 Å². The summed E-state index contributed by atoms with van der Waals surface area (Å²) in [5.74, 6) is 0.109. The van der Waals surface area contributed by atoms with Crippen LogP contribution in [0.2, 0.25) is 0 Å². The number of hydrogen-bond acceptors (Lipinski definition) is 6. The molecule has 10 heteroatoms. The van der Waals surface area contributed by atoms with Gasteiger partial charge in [0.25, 0.3) is 5.91 Å². The highest BCUT2D eigenvalue weighted by Gasteiger charge is 2.15. The van der Waals surface area contributed by atoms with Crippen molar-refractivity contribution in [2.45, 2.75) is 26.9 Å². The number of anilines is 2. The Balaban J connectivity index is 1.58. The van der Waals surface area contributed by atoms with Gasteiger partial charge in [-0.2, -0.15) is 0 Å². The van der Waals surface area contributed by atoms with Crippen molar-refractivity contribution >= 4 is 29.2 Å². The smallest absolute Gasteiger partial charge is 0.411 e. The van der Waals surface area contributed by atoms with Crippen LogP contribution >= 0.6 is 0 Å². The van der Waals surface area contributed by atoms with Crippen molar-refractivity contribution in [2.24, 2.45) is 0 Å². The number of nitrogens with one attached hydrogen (secondary N) is 2. The normalized spacial score (nSPS) is 11.0. The second kappa shape index (κ2) is 8.50. The fraction of sp³-hybridized carbons (Fsp3) is 0.182. The van der Waals surface area contributed by atoms with E-state index >= 15 is 0 Å². The molecule has 0 aliphatic rings. The minimum absolute atomic E-state index is 0.154. The average molecular weight is 437 g/mol. The number of carbonyl (C=O) groups is 2. The summed E-state index contributed by atoms with van der Waals surface area (Å²) in [4.78, 5) is 32.6. The molecule has 0 radical (unpaired) electrons. The number of benzene rings is 1. The summed E-state index contributed by atoms with van der Waals surface area (Å²) >= 11 is 0. The van der Waals surface area contributed by atoms with Gasteiger partial charge in [0.1, 0.15) is 11.6 Å². The molecule has 2 amide bonds. The molecule has 2 N–H and O–H groups in total. The van der Waals surface area contributed by atoms with E-state index in [2.05, 4.69) is 20.6 Å². The first kappa shape index (κ1) is 21.0. The number of rotatable bonds is 5. The third-order valence-electron chi connectivity index (χ3n) is 4.36. The zero-order chi connectivity index (χ0) is 22.8. The molecule has 0 saturated heterocycles. The van der Waals surface area contributed by atoms with Crippen LogP contribution in [-0.4, -0.2) is 32.5 Å². The molecule has 4 aromatic rings. The first-order valence-corrected chi connectivity index (χ1v) is 9.78. The lowest BCUT2D eigenvalue weighted by atomic mass is 10.1. The molecule has 1 aromatic carbocycles. The number of nitrogens with zero attached hydrogens (tertiary/aromatic N) is 3. The number of aryl methyl sites for hydroxylation is 1.